The number of benzene rings is 4. The monoisotopic (exact) mass is 929 g/mol. The third-order valence-corrected chi connectivity index (χ3v) is 15.0. The van der Waals surface area contributed by atoms with Crippen molar-refractivity contribution >= 4 is 36.5 Å². The SMILES string of the molecule is CCCCC1(CCCC)C2=CC(C#Cc3ccc(N(CC)CCOc4ccc(O[P+](=S)N(C)N=Cc5ccc(OC)cc5)cc4)cc3)CC=C2C2C=CC(C#Cc3ccc(N(C)C)cc3)=CC21. The summed E-state index contributed by atoms with van der Waals surface area (Å²) >= 11 is 5.61. The first-order valence-corrected chi connectivity index (χ1v) is 26.1. The normalized spacial score (nSPS) is 17.9. The molecule has 3 aliphatic carbocycles. The number of fused-ring (bicyclic) bond motifs is 3. The fourth-order valence-corrected chi connectivity index (χ4v) is 10.3. The first-order valence-electron chi connectivity index (χ1n) is 23.9. The Balaban J connectivity index is 0.958. The average molecular weight is 930 g/mol. The molecule has 4 aromatic rings. The van der Waals surface area contributed by atoms with E-state index in [2.05, 4.69) is 152 Å². The molecule has 1 saturated carbocycles. The van der Waals surface area contributed by atoms with Crippen molar-refractivity contribution in [1.82, 2.24) is 4.78 Å². The molecule has 0 heterocycles. The molecule has 3 aliphatic rings. The molecule has 7 rings (SSSR count). The molecule has 4 unspecified atom stereocenters. The predicted molar refractivity (Wildman–Crippen MR) is 284 cm³/mol. The first kappa shape index (κ1) is 48.9. The van der Waals surface area contributed by atoms with Gasteiger partial charge in [0.05, 0.1) is 26.9 Å². The van der Waals surface area contributed by atoms with Gasteiger partial charge in [0.2, 0.25) is 11.8 Å². The van der Waals surface area contributed by atoms with Crippen LogP contribution in [0.5, 0.6) is 17.2 Å². The smallest absolute Gasteiger partial charge is 0.497 e. The Kier molecular flexibility index (Phi) is 17.2. The zero-order chi connectivity index (χ0) is 47.2. The van der Waals surface area contributed by atoms with Crippen LogP contribution in [0.15, 0.2) is 149 Å². The van der Waals surface area contributed by atoms with Gasteiger partial charge in [-0.1, -0.05) is 98.4 Å². The van der Waals surface area contributed by atoms with E-state index in [0.29, 0.717) is 24.2 Å². The number of ether oxygens (including phenoxy) is 2. The number of likely N-dealkylation sites (N-methyl/N-ethyl adjacent to an activating group) is 1. The summed E-state index contributed by atoms with van der Waals surface area (Å²) in [4.78, 5) is 4.45. The van der Waals surface area contributed by atoms with Gasteiger partial charge in [0.1, 0.15) is 18.1 Å². The Morgan fingerprint density at radius 3 is 2.06 bits per heavy atom. The molecule has 0 radical (unpaired) electrons. The van der Waals surface area contributed by atoms with Gasteiger partial charge in [-0.2, -0.15) is 0 Å². The Morgan fingerprint density at radius 1 is 0.776 bits per heavy atom. The van der Waals surface area contributed by atoms with E-state index in [4.69, 9.17) is 25.8 Å². The second-order valence-electron chi connectivity index (χ2n) is 17.7. The maximum absolute atomic E-state index is 6.15. The highest BCUT2D eigenvalue weighted by Gasteiger charge is 2.53. The summed E-state index contributed by atoms with van der Waals surface area (Å²) in [5.41, 5.74) is 9.71. The molecule has 9 heteroatoms. The van der Waals surface area contributed by atoms with Crippen LogP contribution in [0.1, 0.15) is 82.4 Å². The number of hydrogen-bond donors (Lipinski definition) is 0. The molecule has 346 valence electrons. The van der Waals surface area contributed by atoms with Crippen LogP contribution in [0.3, 0.4) is 0 Å². The zero-order valence-electron chi connectivity index (χ0n) is 40.4. The summed E-state index contributed by atoms with van der Waals surface area (Å²) in [6, 6.07) is 32.5. The fourth-order valence-electron chi connectivity index (χ4n) is 9.34. The predicted octanol–water partition coefficient (Wildman–Crippen LogP) is 13.2. The lowest BCUT2D eigenvalue weighted by Crippen LogP contribution is -2.30. The fraction of sp³-hybridized carbons (Fsp3) is 0.362. The summed E-state index contributed by atoms with van der Waals surface area (Å²) in [5, 5.41) is 4.46. The minimum absolute atomic E-state index is 0.100. The minimum Gasteiger partial charge on any atom is -0.497 e. The number of unbranched alkanes of at least 4 members (excludes halogenated alkanes) is 2. The maximum Gasteiger partial charge on any atom is 0.540 e. The van der Waals surface area contributed by atoms with Gasteiger partial charge in [0.15, 0.2) is 5.75 Å². The highest BCUT2D eigenvalue weighted by atomic mass is 32.4. The van der Waals surface area contributed by atoms with Crippen LogP contribution in [0.25, 0.3) is 0 Å². The first-order chi connectivity index (χ1) is 32.6. The zero-order valence-corrected chi connectivity index (χ0v) is 42.1. The Bertz CT molecular complexity index is 2580. The Labute approximate surface area is 406 Å². The van der Waals surface area contributed by atoms with Crippen LogP contribution in [0.2, 0.25) is 0 Å². The van der Waals surface area contributed by atoms with Crippen molar-refractivity contribution in [1.29, 1.82) is 0 Å². The quantitative estimate of drug-likeness (QED) is 0.0402. The minimum atomic E-state index is -1.39. The summed E-state index contributed by atoms with van der Waals surface area (Å²) in [6.07, 6.45) is 22.3. The molecule has 0 N–H and O–H groups in total. The molecule has 0 spiro atoms. The summed E-state index contributed by atoms with van der Waals surface area (Å²) < 4.78 is 19.1. The van der Waals surface area contributed by atoms with Gasteiger partial charge >= 0.3 is 7.07 Å². The van der Waals surface area contributed by atoms with Gasteiger partial charge in [0, 0.05) is 66.0 Å². The van der Waals surface area contributed by atoms with Gasteiger partial charge in [0.25, 0.3) is 0 Å². The largest absolute Gasteiger partial charge is 0.540 e. The third kappa shape index (κ3) is 12.5. The molecule has 0 saturated heterocycles. The summed E-state index contributed by atoms with van der Waals surface area (Å²) in [7, 11) is 6.22. The molecular weight excluding hydrogens is 864 g/mol. The molecule has 4 aromatic carbocycles. The van der Waals surface area contributed by atoms with Crippen molar-refractivity contribution < 1.29 is 14.0 Å². The Morgan fingerprint density at radius 2 is 1.42 bits per heavy atom. The van der Waals surface area contributed by atoms with Crippen molar-refractivity contribution in [2.24, 2.45) is 28.3 Å². The van der Waals surface area contributed by atoms with Crippen molar-refractivity contribution in [2.75, 3.05) is 57.7 Å². The van der Waals surface area contributed by atoms with E-state index in [0.717, 1.165) is 59.0 Å². The number of rotatable bonds is 19. The molecule has 0 amide bonds. The summed E-state index contributed by atoms with van der Waals surface area (Å²) in [6.45, 7) is 8.99. The van der Waals surface area contributed by atoms with E-state index in [1.807, 2.05) is 55.6 Å². The maximum atomic E-state index is 6.15. The highest BCUT2D eigenvalue weighted by Crippen LogP contribution is 2.62. The van der Waals surface area contributed by atoms with Crippen molar-refractivity contribution in [3.8, 4) is 40.9 Å². The van der Waals surface area contributed by atoms with Crippen LogP contribution in [0, 0.1) is 46.9 Å². The average Bonchev–Trinajstić information content (AvgIpc) is 3.62. The molecule has 0 aliphatic heterocycles. The topological polar surface area (TPSA) is 49.8 Å². The number of hydrazone groups is 1. The third-order valence-electron chi connectivity index (χ3n) is 13.1. The molecule has 7 nitrogen and oxygen atoms in total. The van der Waals surface area contributed by atoms with Crippen molar-refractivity contribution in [3.63, 3.8) is 0 Å². The van der Waals surface area contributed by atoms with E-state index >= 15 is 0 Å². The molecule has 1 fully saturated rings. The molecule has 67 heavy (non-hydrogen) atoms. The van der Waals surface area contributed by atoms with Crippen LogP contribution >= 0.6 is 7.07 Å². The van der Waals surface area contributed by atoms with Gasteiger partial charge < -0.3 is 19.3 Å². The van der Waals surface area contributed by atoms with E-state index in [-0.39, 0.29) is 11.3 Å². The van der Waals surface area contributed by atoms with E-state index in [1.165, 1.54) is 49.8 Å². The number of hydrogen-bond acceptors (Lipinski definition) is 7. The van der Waals surface area contributed by atoms with Crippen LogP contribution in [0.4, 0.5) is 11.4 Å². The number of anilines is 2. The van der Waals surface area contributed by atoms with Crippen molar-refractivity contribution in [3.05, 3.63) is 161 Å². The van der Waals surface area contributed by atoms with E-state index in [9.17, 15) is 0 Å². The van der Waals surface area contributed by atoms with Crippen molar-refractivity contribution in [2.45, 2.75) is 65.7 Å². The molecule has 0 aromatic heterocycles. The molecule has 0 bridgehead atoms. The van der Waals surface area contributed by atoms with Gasteiger partial charge in [-0.3, -0.25) is 4.52 Å². The van der Waals surface area contributed by atoms with Crippen LogP contribution < -0.4 is 23.8 Å². The highest BCUT2D eigenvalue weighted by molar-refractivity contribution is 8.02. The van der Waals surface area contributed by atoms with E-state index in [1.54, 1.807) is 23.7 Å². The second-order valence-corrected chi connectivity index (χ2v) is 19.9. The van der Waals surface area contributed by atoms with Crippen LogP contribution in [-0.4, -0.2) is 58.9 Å². The van der Waals surface area contributed by atoms with E-state index < -0.39 is 7.07 Å². The lowest BCUT2D eigenvalue weighted by atomic mass is 9.65. The second kappa shape index (κ2) is 23.6. The summed E-state index contributed by atoms with van der Waals surface area (Å²) in [5.74, 6) is 17.5. The van der Waals surface area contributed by atoms with Gasteiger partial charge in [-0.05, 0) is 146 Å². The number of methoxy groups -OCH3 is 1. The van der Waals surface area contributed by atoms with Gasteiger partial charge in [-0.25, -0.2) is 0 Å². The number of nitrogens with zero attached hydrogens (tertiary/aromatic N) is 4. The molecule has 4 atom stereocenters. The van der Waals surface area contributed by atoms with Gasteiger partial charge in [-0.15, -0.1) is 5.10 Å². The Hall–Kier alpha value is -6.05. The van der Waals surface area contributed by atoms with Crippen LogP contribution in [-0.2, 0) is 11.8 Å². The standard InChI is InChI=1S/C58H66N4O3PS/c1-8-11-37-58(38-12-9-2)56-41-46(15-13-44-17-25-49(26-18-44)60(4)5)23-35-54(56)55-36-24-47(42-57(55)58)16-14-45-19-27-50(28-20-45)62(10-3)39-40-64-52-31-33-53(34-32-52)65-66(67)61(6)59-43-48-21-29-51(63-7)30-22-48/h17-23,25-36,41-43,47,54,56H,8-12,24,37-40H2,1-7H3/q+1. The molecular formula is C58H66N4O3PS+. The lowest BCUT2D eigenvalue weighted by molar-refractivity contribution is 0.215. The number of allylic oxidation sites excluding steroid dienone is 8. The lowest BCUT2D eigenvalue weighted by Gasteiger charge is -2.38.